The first-order chi connectivity index (χ1) is 16.0. The van der Waals surface area contributed by atoms with Gasteiger partial charge in [0.2, 0.25) is 5.78 Å². The van der Waals surface area contributed by atoms with Gasteiger partial charge in [-0.15, -0.1) is 0 Å². The van der Waals surface area contributed by atoms with E-state index in [-0.39, 0.29) is 33.9 Å². The Balaban J connectivity index is 2.03. The van der Waals surface area contributed by atoms with Crippen molar-refractivity contribution in [3.8, 4) is 11.4 Å². The second-order valence-corrected chi connectivity index (χ2v) is 8.36. The van der Waals surface area contributed by atoms with Crippen molar-refractivity contribution in [2.75, 3.05) is 14.1 Å². The molecule has 0 aliphatic carbocycles. The SMILES string of the molecule is Cc1cnc(C(=O)/C=C/N(C)C)c(F)c1-n1c(C)cc(OCc2ncc(F)cc2F)c(Br)c1=O. The Hall–Kier alpha value is -3.47. The normalized spacial score (nSPS) is 11.2. The number of carbonyl (C=O) groups is 1. The summed E-state index contributed by atoms with van der Waals surface area (Å²) in [6, 6.07) is 2.12. The zero-order chi connectivity index (χ0) is 25.2. The second kappa shape index (κ2) is 10.2. The van der Waals surface area contributed by atoms with Crippen LogP contribution in [-0.2, 0) is 6.61 Å². The highest BCUT2D eigenvalue weighted by molar-refractivity contribution is 9.10. The summed E-state index contributed by atoms with van der Waals surface area (Å²) < 4.78 is 48.9. The summed E-state index contributed by atoms with van der Waals surface area (Å²) in [5, 5.41) is 0. The van der Waals surface area contributed by atoms with Crippen LogP contribution in [0.4, 0.5) is 13.2 Å². The molecule has 0 aliphatic heterocycles. The smallest absolute Gasteiger partial charge is 0.273 e. The predicted molar refractivity (Wildman–Crippen MR) is 123 cm³/mol. The van der Waals surface area contributed by atoms with E-state index in [2.05, 4.69) is 25.9 Å². The first kappa shape index (κ1) is 25.2. The molecule has 0 atom stereocenters. The number of allylic oxidation sites excluding steroid dienone is 1. The lowest BCUT2D eigenvalue weighted by Gasteiger charge is -2.17. The van der Waals surface area contributed by atoms with Crippen molar-refractivity contribution in [1.29, 1.82) is 0 Å². The average Bonchev–Trinajstić information content (AvgIpc) is 2.76. The van der Waals surface area contributed by atoms with Gasteiger partial charge in [-0.1, -0.05) is 0 Å². The monoisotopic (exact) mass is 536 g/mol. The van der Waals surface area contributed by atoms with Crippen molar-refractivity contribution in [3.05, 3.63) is 91.7 Å². The lowest BCUT2D eigenvalue weighted by atomic mass is 10.1. The largest absolute Gasteiger partial charge is 0.486 e. The number of ketones is 1. The molecule has 3 aromatic heterocycles. The quantitative estimate of drug-likeness (QED) is 0.331. The third kappa shape index (κ3) is 5.19. The molecule has 0 saturated heterocycles. The van der Waals surface area contributed by atoms with Crippen LogP contribution in [0.15, 0.2) is 46.1 Å². The van der Waals surface area contributed by atoms with Crippen LogP contribution >= 0.6 is 15.9 Å². The highest BCUT2D eigenvalue weighted by Crippen LogP contribution is 2.27. The van der Waals surface area contributed by atoms with E-state index in [1.165, 1.54) is 24.5 Å². The minimum Gasteiger partial charge on any atom is -0.486 e. The topological polar surface area (TPSA) is 77.3 Å². The van der Waals surface area contributed by atoms with Crippen LogP contribution in [0.3, 0.4) is 0 Å². The molecule has 3 rings (SSSR count). The number of pyridine rings is 3. The van der Waals surface area contributed by atoms with Crippen molar-refractivity contribution in [2.45, 2.75) is 20.5 Å². The van der Waals surface area contributed by atoms with Crippen LogP contribution in [-0.4, -0.2) is 39.3 Å². The Bertz CT molecular complexity index is 1360. The van der Waals surface area contributed by atoms with Gasteiger partial charge in [0.1, 0.15) is 34.0 Å². The number of aromatic nitrogens is 3. The number of carbonyl (C=O) groups excluding carboxylic acids is 1. The van der Waals surface area contributed by atoms with E-state index in [4.69, 9.17) is 4.74 Å². The minimum atomic E-state index is -0.947. The van der Waals surface area contributed by atoms with Gasteiger partial charge < -0.3 is 9.64 Å². The number of hydrogen-bond donors (Lipinski definition) is 0. The van der Waals surface area contributed by atoms with E-state index in [0.717, 1.165) is 10.8 Å². The zero-order valence-corrected chi connectivity index (χ0v) is 20.3. The molecule has 178 valence electrons. The van der Waals surface area contributed by atoms with Crippen molar-refractivity contribution in [1.82, 2.24) is 19.4 Å². The van der Waals surface area contributed by atoms with Crippen LogP contribution in [0.2, 0.25) is 0 Å². The molecule has 0 spiro atoms. The van der Waals surface area contributed by atoms with Gasteiger partial charge in [-0.25, -0.2) is 18.2 Å². The number of aryl methyl sites for hydroxylation is 2. The highest BCUT2D eigenvalue weighted by Gasteiger charge is 2.23. The molecule has 3 aromatic rings. The summed E-state index contributed by atoms with van der Waals surface area (Å²) in [6.07, 6.45) is 4.79. The summed E-state index contributed by atoms with van der Waals surface area (Å²) in [6.45, 7) is 2.74. The maximum atomic E-state index is 15.4. The summed E-state index contributed by atoms with van der Waals surface area (Å²) in [5.41, 5.74) is -0.768. The molecule has 3 heterocycles. The molecule has 0 fully saturated rings. The van der Waals surface area contributed by atoms with Gasteiger partial charge in [-0.05, 0) is 35.3 Å². The third-order valence-corrected chi connectivity index (χ3v) is 5.44. The van der Waals surface area contributed by atoms with Gasteiger partial charge in [-0.2, -0.15) is 0 Å². The van der Waals surface area contributed by atoms with Crippen LogP contribution < -0.4 is 10.3 Å². The molecule has 0 amide bonds. The Morgan fingerprint density at radius 2 is 1.88 bits per heavy atom. The van der Waals surface area contributed by atoms with Gasteiger partial charge in [0, 0.05) is 50.4 Å². The molecule has 0 N–H and O–H groups in total. The summed E-state index contributed by atoms with van der Waals surface area (Å²) in [4.78, 5) is 34.7. The number of ether oxygens (including phenoxy) is 1. The molecule has 7 nitrogen and oxygen atoms in total. The zero-order valence-electron chi connectivity index (χ0n) is 18.7. The molecular weight excluding hydrogens is 517 g/mol. The van der Waals surface area contributed by atoms with E-state index < -0.39 is 34.5 Å². The summed E-state index contributed by atoms with van der Waals surface area (Å²) in [7, 11) is 3.41. The Morgan fingerprint density at radius 3 is 2.53 bits per heavy atom. The van der Waals surface area contributed by atoms with E-state index in [1.807, 2.05) is 0 Å². The van der Waals surface area contributed by atoms with Gasteiger partial charge in [0.25, 0.3) is 5.56 Å². The lowest BCUT2D eigenvalue weighted by molar-refractivity contribution is 0.103. The van der Waals surface area contributed by atoms with E-state index in [0.29, 0.717) is 11.6 Å². The van der Waals surface area contributed by atoms with Crippen LogP contribution in [0.25, 0.3) is 5.69 Å². The minimum absolute atomic E-state index is 0.0570. The molecule has 0 aliphatic rings. The van der Waals surface area contributed by atoms with Crippen molar-refractivity contribution < 1.29 is 22.7 Å². The first-order valence-corrected chi connectivity index (χ1v) is 10.7. The number of hydrogen-bond acceptors (Lipinski definition) is 6. The number of nitrogens with zero attached hydrogens (tertiary/aromatic N) is 4. The van der Waals surface area contributed by atoms with E-state index in [1.54, 1.807) is 32.8 Å². The Morgan fingerprint density at radius 1 is 1.18 bits per heavy atom. The maximum absolute atomic E-state index is 15.4. The summed E-state index contributed by atoms with van der Waals surface area (Å²) >= 11 is 3.15. The Kier molecular flexibility index (Phi) is 7.55. The predicted octanol–water partition coefficient (Wildman–Crippen LogP) is 4.26. The van der Waals surface area contributed by atoms with Gasteiger partial charge in [0.05, 0.1) is 11.9 Å². The fraction of sp³-hybridized carbons (Fsp3) is 0.217. The average molecular weight is 537 g/mol. The molecule has 34 heavy (non-hydrogen) atoms. The molecule has 0 radical (unpaired) electrons. The standard InChI is InChI=1S/C23H20BrF3N4O3/c1-12-9-29-21(17(32)5-6-30(3)4)20(27)22(12)31-13(2)7-18(19(24)23(31)33)34-11-16-15(26)8-14(25)10-28-16/h5-10H,11H2,1-4H3/b6-5+. The van der Waals surface area contributed by atoms with E-state index in [9.17, 15) is 18.4 Å². The second-order valence-electron chi connectivity index (χ2n) is 7.57. The molecule has 0 saturated carbocycles. The maximum Gasteiger partial charge on any atom is 0.273 e. The molecule has 0 aromatic carbocycles. The Labute approximate surface area is 201 Å². The fourth-order valence-corrected chi connectivity index (χ4v) is 3.47. The third-order valence-electron chi connectivity index (χ3n) is 4.71. The van der Waals surface area contributed by atoms with Crippen LogP contribution in [0.1, 0.15) is 27.4 Å². The summed E-state index contributed by atoms with van der Waals surface area (Å²) in [5.74, 6) is -3.27. The van der Waals surface area contributed by atoms with Crippen LogP contribution in [0, 0.1) is 31.3 Å². The van der Waals surface area contributed by atoms with Gasteiger partial charge in [-0.3, -0.25) is 19.1 Å². The lowest BCUT2D eigenvalue weighted by Crippen LogP contribution is -2.25. The number of halogens is 4. The molecule has 0 bridgehead atoms. The van der Waals surface area contributed by atoms with Crippen molar-refractivity contribution in [3.63, 3.8) is 0 Å². The van der Waals surface area contributed by atoms with Crippen LogP contribution in [0.5, 0.6) is 5.75 Å². The number of rotatable bonds is 7. The van der Waals surface area contributed by atoms with Crippen molar-refractivity contribution >= 4 is 21.7 Å². The van der Waals surface area contributed by atoms with Gasteiger partial charge >= 0.3 is 0 Å². The molecular formula is C23H20BrF3N4O3. The molecule has 11 heteroatoms. The fourth-order valence-electron chi connectivity index (χ4n) is 3.07. The van der Waals surface area contributed by atoms with Gasteiger partial charge in [0.15, 0.2) is 11.6 Å². The first-order valence-electron chi connectivity index (χ1n) is 9.90. The molecule has 0 unspecified atom stereocenters. The highest BCUT2D eigenvalue weighted by atomic mass is 79.9. The van der Waals surface area contributed by atoms with E-state index >= 15 is 4.39 Å². The van der Waals surface area contributed by atoms with Crippen molar-refractivity contribution in [2.24, 2.45) is 0 Å².